The number of nitrogens with one attached hydrogen (secondary N) is 2. The van der Waals surface area contributed by atoms with Crippen molar-refractivity contribution in [2.45, 2.75) is 20.8 Å². The summed E-state index contributed by atoms with van der Waals surface area (Å²) >= 11 is 0. The summed E-state index contributed by atoms with van der Waals surface area (Å²) in [5, 5.41) is 9.98. The monoisotopic (exact) mass is 303 g/mol. The van der Waals surface area contributed by atoms with E-state index in [1.165, 1.54) is 12.7 Å². The summed E-state index contributed by atoms with van der Waals surface area (Å²) in [7, 11) is 1.51. The molecule has 22 heavy (non-hydrogen) atoms. The zero-order valence-corrected chi connectivity index (χ0v) is 13.6. The van der Waals surface area contributed by atoms with Crippen LogP contribution in [0.5, 0.6) is 0 Å². The van der Waals surface area contributed by atoms with Gasteiger partial charge in [0.25, 0.3) is 0 Å². The highest BCUT2D eigenvalue weighted by Crippen LogP contribution is 2.26. The van der Waals surface area contributed by atoms with Gasteiger partial charge in [0.05, 0.1) is 0 Å². The van der Waals surface area contributed by atoms with Gasteiger partial charge in [-0.05, 0) is 37.5 Å². The molecule has 1 saturated heterocycles. The van der Waals surface area contributed by atoms with Crippen molar-refractivity contribution >= 4 is 11.7 Å². The molecule has 1 aromatic carbocycles. The molecule has 0 radical (unpaired) electrons. The Kier molecular flexibility index (Phi) is 5.10. The van der Waals surface area contributed by atoms with Gasteiger partial charge in [-0.15, -0.1) is 0 Å². The van der Waals surface area contributed by atoms with Gasteiger partial charge in [0.15, 0.2) is 7.11 Å². The lowest BCUT2D eigenvalue weighted by molar-refractivity contribution is 0.219. The molecule has 1 fully saturated rings. The van der Waals surface area contributed by atoms with Crippen molar-refractivity contribution in [1.82, 2.24) is 10.2 Å². The van der Waals surface area contributed by atoms with Crippen LogP contribution in [0, 0.1) is 26.8 Å². The van der Waals surface area contributed by atoms with Crippen molar-refractivity contribution in [1.29, 1.82) is 0 Å². The van der Waals surface area contributed by atoms with Crippen LogP contribution in [0.2, 0.25) is 0 Å². The van der Waals surface area contributed by atoms with E-state index in [0.717, 1.165) is 35.5 Å². The van der Waals surface area contributed by atoms with Gasteiger partial charge in [-0.1, -0.05) is 6.07 Å². The number of hydrogen-bond donors (Lipinski definition) is 2. The van der Waals surface area contributed by atoms with Crippen molar-refractivity contribution in [3.63, 3.8) is 0 Å². The molecule has 0 aromatic heterocycles. The van der Waals surface area contributed by atoms with Gasteiger partial charge in [0, 0.05) is 31.9 Å². The van der Waals surface area contributed by atoms with Gasteiger partial charge in [-0.25, -0.2) is 4.79 Å². The molecule has 0 spiro atoms. The van der Waals surface area contributed by atoms with Crippen molar-refractivity contribution in [3.05, 3.63) is 33.3 Å². The first kappa shape index (κ1) is 16.0. The SMILES string of the molecule is CO[N+]#Cc1c(C)cc(C)c(NCCN2CCNC2=O)c1C. The number of hydrogen-bond acceptors (Lipinski definition) is 3. The average molecular weight is 303 g/mol. The summed E-state index contributed by atoms with van der Waals surface area (Å²) in [6.45, 7) is 9.04. The Morgan fingerprint density at radius 3 is 2.82 bits per heavy atom. The molecule has 0 aliphatic carbocycles. The fourth-order valence-corrected chi connectivity index (χ4v) is 2.76. The lowest BCUT2D eigenvalue weighted by Crippen LogP contribution is -2.32. The summed E-state index contributed by atoms with van der Waals surface area (Å²) in [4.78, 5) is 18.1. The molecule has 1 aromatic rings. The second-order valence-corrected chi connectivity index (χ2v) is 5.42. The van der Waals surface area contributed by atoms with Gasteiger partial charge in [-0.2, -0.15) is 4.84 Å². The van der Waals surface area contributed by atoms with Gasteiger partial charge in [0.1, 0.15) is 5.56 Å². The maximum Gasteiger partial charge on any atom is 0.389 e. The highest BCUT2D eigenvalue weighted by Gasteiger charge is 2.19. The maximum atomic E-state index is 11.5. The molecular formula is C16H23N4O2+. The smallest absolute Gasteiger partial charge is 0.383 e. The molecule has 2 amide bonds. The second-order valence-electron chi connectivity index (χ2n) is 5.42. The summed E-state index contributed by atoms with van der Waals surface area (Å²) in [5.41, 5.74) is 5.38. The Morgan fingerprint density at radius 1 is 1.41 bits per heavy atom. The number of urea groups is 1. The number of nitrogens with zero attached hydrogens (tertiary/aromatic N) is 2. The van der Waals surface area contributed by atoms with Gasteiger partial charge in [-0.3, -0.25) is 0 Å². The number of carbonyl (C=O) groups excluding carboxylic acids is 1. The minimum atomic E-state index is 0.0143. The fraction of sp³-hybridized carbons (Fsp3) is 0.500. The molecule has 1 heterocycles. The predicted molar refractivity (Wildman–Crippen MR) is 87.5 cm³/mol. The third kappa shape index (κ3) is 3.42. The first-order valence-electron chi connectivity index (χ1n) is 7.41. The molecule has 6 heteroatoms. The topological polar surface area (TPSA) is 58.0 Å². The Bertz CT molecular complexity index is 631. The van der Waals surface area contributed by atoms with Crippen LogP contribution in [0.4, 0.5) is 10.5 Å². The average Bonchev–Trinajstić information content (AvgIpc) is 2.87. The van der Waals surface area contributed by atoms with E-state index in [-0.39, 0.29) is 6.03 Å². The van der Waals surface area contributed by atoms with Crippen LogP contribution < -0.4 is 10.6 Å². The summed E-state index contributed by atoms with van der Waals surface area (Å²) in [6, 6.07) is 5.04. The van der Waals surface area contributed by atoms with Gasteiger partial charge in [0.2, 0.25) is 5.01 Å². The van der Waals surface area contributed by atoms with E-state index in [1.807, 2.05) is 18.7 Å². The van der Waals surface area contributed by atoms with Crippen molar-refractivity contribution in [3.8, 4) is 6.07 Å². The normalized spacial score (nSPS) is 13.5. The van der Waals surface area contributed by atoms with E-state index in [2.05, 4.69) is 34.7 Å². The number of benzene rings is 1. The molecule has 2 N–H and O–H groups in total. The first-order chi connectivity index (χ1) is 10.5. The van der Waals surface area contributed by atoms with Crippen molar-refractivity contribution in [2.75, 3.05) is 38.6 Å². The third-order valence-electron chi connectivity index (χ3n) is 3.85. The van der Waals surface area contributed by atoms with E-state index < -0.39 is 0 Å². The maximum absolute atomic E-state index is 11.5. The zero-order valence-electron chi connectivity index (χ0n) is 13.6. The van der Waals surface area contributed by atoms with Crippen LogP contribution in [0.3, 0.4) is 0 Å². The third-order valence-corrected chi connectivity index (χ3v) is 3.85. The minimum absolute atomic E-state index is 0.0143. The summed E-state index contributed by atoms with van der Waals surface area (Å²) in [6.07, 6.45) is 0. The largest absolute Gasteiger partial charge is 0.389 e. The number of rotatable bonds is 4. The summed E-state index contributed by atoms with van der Waals surface area (Å²) < 4.78 is 0. The van der Waals surface area contributed by atoms with Crippen LogP contribution in [-0.4, -0.2) is 44.2 Å². The molecular weight excluding hydrogens is 280 g/mol. The Hall–Kier alpha value is -2.42. The lowest BCUT2D eigenvalue weighted by Gasteiger charge is -2.18. The van der Waals surface area contributed by atoms with Crippen LogP contribution in [0.15, 0.2) is 6.07 Å². The van der Waals surface area contributed by atoms with Crippen LogP contribution in [0.25, 0.3) is 5.01 Å². The molecule has 0 atom stereocenters. The van der Waals surface area contributed by atoms with E-state index in [1.54, 1.807) is 0 Å². The second kappa shape index (κ2) is 7.03. The van der Waals surface area contributed by atoms with Crippen molar-refractivity contribution < 1.29 is 9.63 Å². The summed E-state index contributed by atoms with van der Waals surface area (Å²) in [5.74, 6) is 0. The number of anilines is 1. The molecule has 0 bridgehead atoms. The highest BCUT2D eigenvalue weighted by molar-refractivity contribution is 5.76. The predicted octanol–water partition coefficient (Wildman–Crippen LogP) is 2.29. The van der Waals surface area contributed by atoms with Crippen molar-refractivity contribution in [2.24, 2.45) is 0 Å². The van der Waals surface area contributed by atoms with E-state index >= 15 is 0 Å². The first-order valence-corrected chi connectivity index (χ1v) is 7.41. The number of amides is 2. The Balaban J connectivity index is 2.11. The fourth-order valence-electron chi connectivity index (χ4n) is 2.76. The molecule has 118 valence electrons. The van der Waals surface area contributed by atoms with Crippen LogP contribution in [-0.2, 0) is 4.84 Å². The van der Waals surface area contributed by atoms with Gasteiger partial charge >= 0.3 is 12.1 Å². The number of carbonyl (C=O) groups is 1. The highest BCUT2D eigenvalue weighted by atomic mass is 16.6. The number of aryl methyl sites for hydroxylation is 2. The molecule has 6 nitrogen and oxygen atoms in total. The minimum Gasteiger partial charge on any atom is -0.383 e. The molecule has 1 aliphatic heterocycles. The Labute approximate surface area is 131 Å². The molecule has 1 aliphatic rings. The zero-order chi connectivity index (χ0) is 16.1. The lowest BCUT2D eigenvalue weighted by atomic mass is 9.98. The standard InChI is InChI=1S/C16H22N4O2/c1-11-9-12(2)15(13(3)14(11)10-19-22-4)17-5-7-20-8-6-18-16(20)21/h9,17H,5-8H2,1-4H3/p+1. The molecule has 2 rings (SSSR count). The van der Waals surface area contributed by atoms with E-state index in [9.17, 15) is 4.79 Å². The quantitative estimate of drug-likeness (QED) is 0.839. The van der Waals surface area contributed by atoms with Gasteiger partial charge < -0.3 is 15.5 Å². The molecule has 0 saturated carbocycles. The van der Waals surface area contributed by atoms with Crippen LogP contribution in [0.1, 0.15) is 22.3 Å². The van der Waals surface area contributed by atoms with E-state index in [4.69, 9.17) is 4.84 Å². The van der Waals surface area contributed by atoms with E-state index in [0.29, 0.717) is 13.1 Å². The Morgan fingerprint density at radius 2 is 2.18 bits per heavy atom. The molecule has 0 unspecified atom stereocenters. The van der Waals surface area contributed by atoms with Crippen LogP contribution >= 0.6 is 0 Å².